The van der Waals surface area contributed by atoms with E-state index in [4.69, 9.17) is 4.98 Å². The van der Waals surface area contributed by atoms with Crippen LogP contribution in [0.4, 0.5) is 0 Å². The quantitative estimate of drug-likeness (QED) is 0.117. The van der Waals surface area contributed by atoms with Gasteiger partial charge in [-0.25, -0.2) is 4.98 Å². The molecule has 1 aliphatic rings. The lowest BCUT2D eigenvalue weighted by Gasteiger charge is -2.33. The van der Waals surface area contributed by atoms with Crippen molar-refractivity contribution in [1.29, 1.82) is 0 Å². The second-order valence-corrected chi connectivity index (χ2v) is 16.4. The van der Waals surface area contributed by atoms with Gasteiger partial charge in [0.1, 0.15) is 5.82 Å². The standard InChI is InChI=1S/C54H51N3/c1-3-5-7-14-30-54(31-15-8-6-4-2)47-35-39(37-24-28-50-45(33-37)43-17-9-11-19-49(43)56-50)22-26-41(47)42-27-23-40(36-48(42)54)38-25-29-52-46(34-38)44-18-10-12-20-51(44)57(52)53-21-13-16-32-55-53/h9-13,16-29,32-36,56H,3-8,14-15,30-31H2,1-2H3. The van der Waals surface area contributed by atoms with Gasteiger partial charge in [-0.05, 0) is 118 Å². The third-order valence-electron chi connectivity index (χ3n) is 13.0. The van der Waals surface area contributed by atoms with Gasteiger partial charge in [0, 0.05) is 44.2 Å². The molecule has 3 nitrogen and oxygen atoms in total. The van der Waals surface area contributed by atoms with Crippen molar-refractivity contribution in [2.75, 3.05) is 0 Å². The molecule has 0 saturated heterocycles. The maximum atomic E-state index is 4.76. The molecule has 57 heavy (non-hydrogen) atoms. The minimum Gasteiger partial charge on any atom is -0.355 e. The lowest BCUT2D eigenvalue weighted by molar-refractivity contribution is 0.401. The van der Waals surface area contributed by atoms with E-state index in [0.717, 1.165) is 5.82 Å². The number of fused-ring (bicyclic) bond motifs is 9. The lowest BCUT2D eigenvalue weighted by atomic mass is 9.70. The third-order valence-corrected chi connectivity index (χ3v) is 13.0. The third kappa shape index (κ3) is 6.07. The Balaban J connectivity index is 1.12. The van der Waals surface area contributed by atoms with Crippen LogP contribution >= 0.6 is 0 Å². The van der Waals surface area contributed by atoms with Crippen molar-refractivity contribution in [2.45, 2.75) is 83.5 Å². The zero-order valence-corrected chi connectivity index (χ0v) is 33.3. The van der Waals surface area contributed by atoms with Gasteiger partial charge in [-0.15, -0.1) is 0 Å². The van der Waals surface area contributed by atoms with Gasteiger partial charge >= 0.3 is 0 Å². The van der Waals surface area contributed by atoms with Crippen molar-refractivity contribution in [1.82, 2.24) is 14.5 Å². The second kappa shape index (κ2) is 14.9. The van der Waals surface area contributed by atoms with Gasteiger partial charge in [0.15, 0.2) is 0 Å². The van der Waals surface area contributed by atoms with Gasteiger partial charge in [0.2, 0.25) is 0 Å². The maximum absolute atomic E-state index is 4.76. The monoisotopic (exact) mass is 741 g/mol. The molecule has 0 saturated carbocycles. The van der Waals surface area contributed by atoms with Crippen LogP contribution in [0.15, 0.2) is 146 Å². The summed E-state index contributed by atoms with van der Waals surface area (Å²) in [5, 5.41) is 5.10. The first kappa shape index (κ1) is 35.5. The van der Waals surface area contributed by atoms with Gasteiger partial charge in [-0.1, -0.05) is 144 Å². The summed E-state index contributed by atoms with van der Waals surface area (Å²) in [6, 6.07) is 52.5. The Morgan fingerprint density at radius 2 is 1.04 bits per heavy atom. The lowest BCUT2D eigenvalue weighted by Crippen LogP contribution is -2.25. The second-order valence-electron chi connectivity index (χ2n) is 16.4. The summed E-state index contributed by atoms with van der Waals surface area (Å²) in [5.41, 5.74) is 15.8. The number of hydrogen-bond acceptors (Lipinski definition) is 1. The molecule has 0 fully saturated rings. The summed E-state index contributed by atoms with van der Waals surface area (Å²) in [6.45, 7) is 4.66. The smallest absolute Gasteiger partial charge is 0.137 e. The minimum atomic E-state index is -0.0256. The number of unbranched alkanes of at least 4 members (excludes halogenated alkanes) is 6. The van der Waals surface area contributed by atoms with E-state index >= 15 is 0 Å². The van der Waals surface area contributed by atoms with Crippen LogP contribution in [0.2, 0.25) is 0 Å². The molecule has 282 valence electrons. The van der Waals surface area contributed by atoms with Gasteiger partial charge < -0.3 is 4.98 Å². The fraction of sp³-hybridized carbons (Fsp3) is 0.241. The first-order chi connectivity index (χ1) is 28.2. The molecule has 3 heteroatoms. The van der Waals surface area contributed by atoms with E-state index in [1.165, 1.54) is 152 Å². The number of nitrogens with one attached hydrogen (secondary N) is 1. The number of H-pyrrole nitrogens is 1. The average molecular weight is 742 g/mol. The van der Waals surface area contributed by atoms with E-state index in [9.17, 15) is 0 Å². The molecule has 1 aliphatic carbocycles. The molecule has 0 amide bonds. The van der Waals surface area contributed by atoms with E-state index in [0.29, 0.717) is 0 Å². The zero-order chi connectivity index (χ0) is 38.3. The Morgan fingerprint density at radius 3 is 1.72 bits per heavy atom. The number of rotatable bonds is 13. The Labute approximate surface area is 336 Å². The van der Waals surface area contributed by atoms with Crippen molar-refractivity contribution in [3.63, 3.8) is 0 Å². The van der Waals surface area contributed by atoms with E-state index in [-0.39, 0.29) is 5.41 Å². The van der Waals surface area contributed by atoms with E-state index in [2.05, 4.69) is 157 Å². The van der Waals surface area contributed by atoms with Gasteiger partial charge in [0.25, 0.3) is 0 Å². The number of para-hydroxylation sites is 2. The molecule has 0 aliphatic heterocycles. The average Bonchev–Trinajstić information content (AvgIpc) is 3.89. The van der Waals surface area contributed by atoms with E-state index < -0.39 is 0 Å². The highest BCUT2D eigenvalue weighted by molar-refractivity contribution is 6.11. The van der Waals surface area contributed by atoms with Crippen molar-refractivity contribution in [2.24, 2.45) is 0 Å². The van der Waals surface area contributed by atoms with Gasteiger partial charge in [-0.2, -0.15) is 0 Å². The Hall–Kier alpha value is -5.93. The SMILES string of the molecule is CCCCCCC1(CCCCCC)c2cc(-c3ccc4[nH]c5ccccc5c4c3)ccc2-c2ccc(-c3ccc4c(c3)c3ccccc3n4-c3ccccn3)cc21. The van der Waals surface area contributed by atoms with Crippen LogP contribution < -0.4 is 0 Å². The summed E-state index contributed by atoms with van der Waals surface area (Å²) in [7, 11) is 0. The molecule has 0 spiro atoms. The normalized spacial score (nSPS) is 13.2. The Kier molecular flexibility index (Phi) is 9.25. The highest BCUT2D eigenvalue weighted by Gasteiger charge is 2.42. The van der Waals surface area contributed by atoms with Crippen LogP contribution in [0.3, 0.4) is 0 Å². The van der Waals surface area contributed by atoms with Crippen molar-refractivity contribution in [3.8, 4) is 39.2 Å². The van der Waals surface area contributed by atoms with Crippen LogP contribution in [0.5, 0.6) is 0 Å². The van der Waals surface area contributed by atoms with E-state index in [1.54, 1.807) is 0 Å². The van der Waals surface area contributed by atoms with Crippen LogP contribution in [-0.4, -0.2) is 14.5 Å². The molecule has 0 bridgehead atoms. The number of benzene rings is 6. The number of aromatic nitrogens is 3. The summed E-state index contributed by atoms with van der Waals surface area (Å²) < 4.78 is 2.30. The summed E-state index contributed by atoms with van der Waals surface area (Å²) in [4.78, 5) is 8.39. The van der Waals surface area contributed by atoms with Crippen LogP contribution in [0.25, 0.3) is 82.8 Å². The Bertz CT molecular complexity index is 2880. The molecule has 6 aromatic carbocycles. The van der Waals surface area contributed by atoms with Crippen molar-refractivity contribution < 1.29 is 0 Å². The first-order valence-corrected chi connectivity index (χ1v) is 21.4. The van der Waals surface area contributed by atoms with E-state index in [1.807, 2.05) is 12.3 Å². The number of pyridine rings is 1. The molecule has 0 unspecified atom stereocenters. The molecule has 9 aromatic rings. The van der Waals surface area contributed by atoms with Crippen molar-refractivity contribution in [3.05, 3.63) is 157 Å². The molecule has 0 atom stereocenters. The number of aromatic amines is 1. The minimum absolute atomic E-state index is 0.0256. The van der Waals surface area contributed by atoms with Crippen molar-refractivity contribution >= 4 is 43.6 Å². The largest absolute Gasteiger partial charge is 0.355 e. The molecular formula is C54H51N3. The molecule has 3 aromatic heterocycles. The fourth-order valence-corrected chi connectivity index (χ4v) is 10.1. The zero-order valence-electron chi connectivity index (χ0n) is 33.3. The predicted molar refractivity (Wildman–Crippen MR) is 243 cm³/mol. The molecule has 3 heterocycles. The summed E-state index contributed by atoms with van der Waals surface area (Å²) in [6.07, 6.45) is 14.4. The van der Waals surface area contributed by atoms with Gasteiger partial charge in [-0.3, -0.25) is 4.57 Å². The summed E-state index contributed by atoms with van der Waals surface area (Å²) in [5.74, 6) is 0.948. The molecule has 1 N–H and O–H groups in total. The molecule has 10 rings (SSSR count). The predicted octanol–water partition coefficient (Wildman–Crippen LogP) is 15.4. The Morgan fingerprint density at radius 1 is 0.474 bits per heavy atom. The molecule has 0 radical (unpaired) electrons. The van der Waals surface area contributed by atoms with Crippen LogP contribution in [0.1, 0.15) is 89.2 Å². The maximum Gasteiger partial charge on any atom is 0.137 e. The number of hydrogen-bond donors (Lipinski definition) is 1. The van der Waals surface area contributed by atoms with Crippen LogP contribution in [0, 0.1) is 0 Å². The summed E-state index contributed by atoms with van der Waals surface area (Å²) >= 11 is 0. The van der Waals surface area contributed by atoms with Crippen LogP contribution in [-0.2, 0) is 5.41 Å². The highest BCUT2D eigenvalue weighted by atomic mass is 15.1. The number of nitrogens with zero attached hydrogens (tertiary/aromatic N) is 2. The fourth-order valence-electron chi connectivity index (χ4n) is 10.1. The molecular weight excluding hydrogens is 691 g/mol. The first-order valence-electron chi connectivity index (χ1n) is 21.4. The topological polar surface area (TPSA) is 33.6 Å². The van der Waals surface area contributed by atoms with Gasteiger partial charge in [0.05, 0.1) is 11.0 Å². The highest BCUT2D eigenvalue weighted by Crippen LogP contribution is 2.56.